The lowest BCUT2D eigenvalue weighted by Crippen LogP contribution is -2.46. The average molecular weight is 237 g/mol. The number of pyridine rings is 1. The summed E-state index contributed by atoms with van der Waals surface area (Å²) in [6.07, 6.45) is 5.58. The molecule has 1 saturated carbocycles. The molecule has 1 aromatic rings. The van der Waals surface area contributed by atoms with Gasteiger partial charge < -0.3 is 10.6 Å². The predicted octanol–water partition coefficient (Wildman–Crippen LogP) is 1.17. The second kappa shape index (κ2) is 5.23. The molecule has 5 heteroatoms. The van der Waals surface area contributed by atoms with Crippen molar-refractivity contribution in [1.29, 1.82) is 0 Å². The van der Waals surface area contributed by atoms with Crippen LogP contribution in [0, 0.1) is 5.82 Å². The van der Waals surface area contributed by atoms with Gasteiger partial charge in [-0.15, -0.1) is 0 Å². The van der Waals surface area contributed by atoms with Crippen LogP contribution in [0.1, 0.15) is 29.6 Å². The first-order valence-electron chi connectivity index (χ1n) is 5.84. The highest BCUT2D eigenvalue weighted by atomic mass is 19.1. The third-order valence-corrected chi connectivity index (χ3v) is 3.15. The minimum absolute atomic E-state index is 0.0837. The molecule has 1 aromatic heterocycles. The van der Waals surface area contributed by atoms with Crippen molar-refractivity contribution in [3.63, 3.8) is 0 Å². The summed E-state index contributed by atoms with van der Waals surface area (Å²) in [5.74, 6) is -0.848. The van der Waals surface area contributed by atoms with E-state index in [1.165, 1.54) is 12.3 Å². The van der Waals surface area contributed by atoms with E-state index in [0.29, 0.717) is 13.1 Å². The summed E-state index contributed by atoms with van der Waals surface area (Å²) in [5, 5.41) is 0. The number of nitrogens with two attached hydrogens (primary N) is 1. The Bertz CT molecular complexity index is 406. The van der Waals surface area contributed by atoms with Gasteiger partial charge in [0.1, 0.15) is 0 Å². The van der Waals surface area contributed by atoms with E-state index in [1.807, 2.05) is 0 Å². The number of halogens is 1. The molecule has 0 atom stereocenters. The van der Waals surface area contributed by atoms with E-state index in [4.69, 9.17) is 5.73 Å². The summed E-state index contributed by atoms with van der Waals surface area (Å²) in [4.78, 5) is 17.5. The molecule has 1 fully saturated rings. The molecule has 0 spiro atoms. The SMILES string of the molecule is NCCN(C(=O)c1ccncc1F)C1CCC1. The van der Waals surface area contributed by atoms with Crippen LogP contribution in [0.2, 0.25) is 0 Å². The monoisotopic (exact) mass is 237 g/mol. The van der Waals surface area contributed by atoms with Crippen molar-refractivity contribution in [1.82, 2.24) is 9.88 Å². The Morgan fingerprint density at radius 3 is 2.88 bits per heavy atom. The van der Waals surface area contributed by atoms with Crippen LogP contribution >= 0.6 is 0 Å². The summed E-state index contributed by atoms with van der Waals surface area (Å²) >= 11 is 0. The number of carbonyl (C=O) groups is 1. The molecular formula is C12H16FN3O. The molecule has 0 unspecified atom stereocenters. The molecule has 1 aliphatic rings. The fourth-order valence-corrected chi connectivity index (χ4v) is 1.99. The molecule has 17 heavy (non-hydrogen) atoms. The van der Waals surface area contributed by atoms with E-state index >= 15 is 0 Å². The van der Waals surface area contributed by atoms with Crippen molar-refractivity contribution >= 4 is 5.91 Å². The smallest absolute Gasteiger partial charge is 0.257 e. The standard InChI is InChI=1S/C12H16FN3O/c13-11-8-15-6-4-10(11)12(17)16(7-5-14)9-2-1-3-9/h4,6,8-9H,1-3,5,7,14H2. The molecular weight excluding hydrogens is 221 g/mol. The minimum Gasteiger partial charge on any atom is -0.334 e. The maximum absolute atomic E-state index is 13.5. The Morgan fingerprint density at radius 1 is 1.59 bits per heavy atom. The molecule has 2 N–H and O–H groups in total. The first-order valence-corrected chi connectivity index (χ1v) is 5.84. The number of rotatable bonds is 4. The van der Waals surface area contributed by atoms with Gasteiger partial charge in [-0.3, -0.25) is 9.78 Å². The quantitative estimate of drug-likeness (QED) is 0.855. The normalized spacial score (nSPS) is 15.4. The summed E-state index contributed by atoms with van der Waals surface area (Å²) in [7, 11) is 0. The highest BCUT2D eigenvalue weighted by Gasteiger charge is 2.29. The van der Waals surface area contributed by atoms with E-state index in [0.717, 1.165) is 25.5 Å². The van der Waals surface area contributed by atoms with Crippen molar-refractivity contribution in [2.45, 2.75) is 25.3 Å². The van der Waals surface area contributed by atoms with Gasteiger partial charge in [-0.1, -0.05) is 0 Å². The van der Waals surface area contributed by atoms with Crippen molar-refractivity contribution in [3.8, 4) is 0 Å². The molecule has 0 aliphatic heterocycles. The van der Waals surface area contributed by atoms with E-state index in [2.05, 4.69) is 4.98 Å². The van der Waals surface area contributed by atoms with E-state index in [9.17, 15) is 9.18 Å². The van der Waals surface area contributed by atoms with Gasteiger partial charge in [-0.2, -0.15) is 0 Å². The van der Waals surface area contributed by atoms with Crippen LogP contribution in [0.4, 0.5) is 4.39 Å². The largest absolute Gasteiger partial charge is 0.334 e. The number of aromatic nitrogens is 1. The Morgan fingerprint density at radius 2 is 2.35 bits per heavy atom. The summed E-state index contributed by atoms with van der Waals surface area (Å²) in [6, 6.07) is 1.64. The molecule has 0 radical (unpaired) electrons. The molecule has 0 saturated heterocycles. The number of hydrogen-bond donors (Lipinski definition) is 1. The van der Waals surface area contributed by atoms with Gasteiger partial charge in [0.05, 0.1) is 11.8 Å². The fraction of sp³-hybridized carbons (Fsp3) is 0.500. The van der Waals surface area contributed by atoms with Crippen molar-refractivity contribution in [2.75, 3.05) is 13.1 Å². The average Bonchev–Trinajstić information content (AvgIpc) is 2.26. The number of hydrogen-bond acceptors (Lipinski definition) is 3. The molecule has 0 bridgehead atoms. The van der Waals surface area contributed by atoms with Gasteiger partial charge in [-0.05, 0) is 25.3 Å². The first-order chi connectivity index (χ1) is 8.24. The van der Waals surface area contributed by atoms with Crippen LogP contribution in [0.3, 0.4) is 0 Å². The fourth-order valence-electron chi connectivity index (χ4n) is 1.99. The second-order valence-electron chi connectivity index (χ2n) is 4.23. The van der Waals surface area contributed by atoms with Gasteiger partial charge in [0.15, 0.2) is 5.82 Å². The number of amides is 1. The zero-order valence-electron chi connectivity index (χ0n) is 9.60. The van der Waals surface area contributed by atoms with Gasteiger partial charge >= 0.3 is 0 Å². The molecule has 2 rings (SSSR count). The summed E-state index contributed by atoms with van der Waals surface area (Å²) < 4.78 is 13.5. The Balaban J connectivity index is 2.18. The van der Waals surface area contributed by atoms with Crippen molar-refractivity contribution in [2.24, 2.45) is 5.73 Å². The van der Waals surface area contributed by atoms with Gasteiger partial charge in [0.25, 0.3) is 5.91 Å². The third kappa shape index (κ3) is 2.44. The van der Waals surface area contributed by atoms with Crippen LogP contribution in [0.15, 0.2) is 18.5 Å². The lowest BCUT2D eigenvalue weighted by Gasteiger charge is -2.37. The summed E-state index contributed by atoms with van der Waals surface area (Å²) in [5.41, 5.74) is 5.58. The van der Waals surface area contributed by atoms with Gasteiger partial charge in [-0.25, -0.2) is 4.39 Å². The molecule has 92 valence electrons. The molecule has 1 heterocycles. The van der Waals surface area contributed by atoms with Crippen molar-refractivity contribution in [3.05, 3.63) is 29.8 Å². The Hall–Kier alpha value is -1.49. The van der Waals surface area contributed by atoms with Crippen molar-refractivity contribution < 1.29 is 9.18 Å². The van der Waals surface area contributed by atoms with Gasteiger partial charge in [0, 0.05) is 25.3 Å². The second-order valence-corrected chi connectivity index (χ2v) is 4.23. The lowest BCUT2D eigenvalue weighted by atomic mass is 9.91. The minimum atomic E-state index is -0.571. The van der Waals surface area contributed by atoms with E-state index < -0.39 is 5.82 Å². The maximum Gasteiger partial charge on any atom is 0.257 e. The van der Waals surface area contributed by atoms with Crippen LogP contribution in [0.25, 0.3) is 0 Å². The van der Waals surface area contributed by atoms with E-state index in [1.54, 1.807) is 4.90 Å². The lowest BCUT2D eigenvalue weighted by molar-refractivity contribution is 0.0584. The summed E-state index contributed by atoms with van der Waals surface area (Å²) in [6.45, 7) is 0.875. The molecule has 4 nitrogen and oxygen atoms in total. The first kappa shape index (κ1) is 12.0. The van der Waals surface area contributed by atoms with E-state index in [-0.39, 0.29) is 17.5 Å². The van der Waals surface area contributed by atoms with Gasteiger partial charge in [0.2, 0.25) is 0 Å². The molecule has 1 aliphatic carbocycles. The highest BCUT2D eigenvalue weighted by Crippen LogP contribution is 2.26. The van der Waals surface area contributed by atoms with Crippen LogP contribution < -0.4 is 5.73 Å². The Labute approximate surface area is 99.6 Å². The molecule has 1 amide bonds. The van der Waals surface area contributed by atoms with Crippen LogP contribution in [0.5, 0.6) is 0 Å². The Kier molecular flexibility index (Phi) is 3.68. The topological polar surface area (TPSA) is 59.2 Å². The van der Waals surface area contributed by atoms with Crippen LogP contribution in [-0.4, -0.2) is 34.9 Å². The zero-order chi connectivity index (χ0) is 12.3. The number of carbonyl (C=O) groups excluding carboxylic acids is 1. The predicted molar refractivity (Wildman–Crippen MR) is 61.9 cm³/mol. The van der Waals surface area contributed by atoms with Crippen LogP contribution in [-0.2, 0) is 0 Å². The third-order valence-electron chi connectivity index (χ3n) is 3.15. The molecule has 0 aromatic carbocycles. The highest BCUT2D eigenvalue weighted by molar-refractivity contribution is 5.94. The maximum atomic E-state index is 13.5. The number of nitrogens with zero attached hydrogens (tertiary/aromatic N) is 2. The zero-order valence-corrected chi connectivity index (χ0v) is 9.60.